The normalized spacial score (nSPS) is 10.2. The molecule has 6 nitrogen and oxygen atoms in total. The van der Waals surface area contributed by atoms with Crippen molar-refractivity contribution in [1.82, 2.24) is 20.1 Å². The highest BCUT2D eigenvalue weighted by Crippen LogP contribution is 1.97. The number of hydrogen-bond acceptors (Lipinski definition) is 4. The van der Waals surface area contributed by atoms with Gasteiger partial charge in [0, 0.05) is 25.5 Å². The van der Waals surface area contributed by atoms with E-state index in [0.717, 1.165) is 11.4 Å². The Morgan fingerprint density at radius 2 is 2.26 bits per heavy atom. The number of carbonyl (C=O) groups excluding carboxylic acids is 1. The lowest BCUT2D eigenvalue weighted by Crippen LogP contribution is -2.31. The summed E-state index contributed by atoms with van der Waals surface area (Å²) in [4.78, 5) is 15.7. The van der Waals surface area contributed by atoms with Crippen LogP contribution in [0.4, 0.5) is 5.82 Å². The van der Waals surface area contributed by atoms with Gasteiger partial charge in [0.25, 0.3) is 0 Å². The zero-order chi connectivity index (χ0) is 13.5. The Morgan fingerprint density at radius 3 is 2.95 bits per heavy atom. The van der Waals surface area contributed by atoms with E-state index >= 15 is 0 Å². The summed E-state index contributed by atoms with van der Waals surface area (Å²) in [5.74, 6) is 0.755. The maximum absolute atomic E-state index is 11.6. The molecule has 19 heavy (non-hydrogen) atoms. The van der Waals surface area contributed by atoms with Crippen LogP contribution in [0.1, 0.15) is 5.56 Å². The summed E-state index contributed by atoms with van der Waals surface area (Å²) < 4.78 is 1.62. The SMILES string of the molecule is Cc1cnn(CC(=O)NCCNc2ccccn2)c1. The fourth-order valence-corrected chi connectivity index (χ4v) is 1.62. The Labute approximate surface area is 111 Å². The van der Waals surface area contributed by atoms with Gasteiger partial charge in [0.05, 0.1) is 6.20 Å². The van der Waals surface area contributed by atoms with Crippen LogP contribution in [0.25, 0.3) is 0 Å². The van der Waals surface area contributed by atoms with E-state index in [4.69, 9.17) is 0 Å². The molecule has 0 aliphatic carbocycles. The van der Waals surface area contributed by atoms with Crippen LogP contribution in [0, 0.1) is 6.92 Å². The number of aryl methyl sites for hydroxylation is 1. The van der Waals surface area contributed by atoms with E-state index in [-0.39, 0.29) is 12.5 Å². The number of aromatic nitrogens is 3. The minimum absolute atomic E-state index is 0.0501. The van der Waals surface area contributed by atoms with Gasteiger partial charge in [0.1, 0.15) is 12.4 Å². The molecule has 0 unspecified atom stereocenters. The largest absolute Gasteiger partial charge is 0.368 e. The van der Waals surface area contributed by atoms with Crippen molar-refractivity contribution < 1.29 is 4.79 Å². The van der Waals surface area contributed by atoms with Gasteiger partial charge in [0.2, 0.25) is 5.91 Å². The molecule has 100 valence electrons. The van der Waals surface area contributed by atoms with Crippen LogP contribution in [0.5, 0.6) is 0 Å². The summed E-state index contributed by atoms with van der Waals surface area (Å²) in [6, 6.07) is 5.65. The fourth-order valence-electron chi connectivity index (χ4n) is 1.62. The number of carbonyl (C=O) groups is 1. The van der Waals surface area contributed by atoms with Crippen LogP contribution < -0.4 is 10.6 Å². The van der Waals surface area contributed by atoms with E-state index in [2.05, 4.69) is 20.7 Å². The van der Waals surface area contributed by atoms with Crippen molar-refractivity contribution in [3.63, 3.8) is 0 Å². The molecule has 0 atom stereocenters. The van der Waals surface area contributed by atoms with Gasteiger partial charge in [-0.15, -0.1) is 0 Å². The molecular weight excluding hydrogens is 242 g/mol. The Hall–Kier alpha value is -2.37. The van der Waals surface area contributed by atoms with Crippen LogP contribution in [0.15, 0.2) is 36.8 Å². The van der Waals surface area contributed by atoms with Crippen molar-refractivity contribution in [2.45, 2.75) is 13.5 Å². The molecule has 0 aliphatic rings. The molecule has 0 aliphatic heterocycles. The predicted molar refractivity (Wildman–Crippen MR) is 72.7 cm³/mol. The van der Waals surface area contributed by atoms with E-state index in [1.165, 1.54) is 0 Å². The third-order valence-electron chi connectivity index (χ3n) is 2.49. The molecule has 2 rings (SSSR count). The van der Waals surface area contributed by atoms with Crippen LogP contribution in [0.3, 0.4) is 0 Å². The quantitative estimate of drug-likeness (QED) is 0.753. The van der Waals surface area contributed by atoms with Gasteiger partial charge in [-0.05, 0) is 24.6 Å². The van der Waals surface area contributed by atoms with Crippen molar-refractivity contribution >= 4 is 11.7 Å². The van der Waals surface area contributed by atoms with Crippen molar-refractivity contribution in [3.05, 3.63) is 42.4 Å². The van der Waals surface area contributed by atoms with Gasteiger partial charge in [-0.3, -0.25) is 9.48 Å². The number of amides is 1. The van der Waals surface area contributed by atoms with Crippen molar-refractivity contribution in [2.75, 3.05) is 18.4 Å². The number of anilines is 1. The molecule has 2 N–H and O–H groups in total. The van der Waals surface area contributed by atoms with E-state index in [1.807, 2.05) is 31.3 Å². The van der Waals surface area contributed by atoms with Crippen LogP contribution in [-0.4, -0.2) is 33.8 Å². The first-order chi connectivity index (χ1) is 9.24. The summed E-state index contributed by atoms with van der Waals surface area (Å²) >= 11 is 0. The average molecular weight is 259 g/mol. The third-order valence-corrected chi connectivity index (χ3v) is 2.49. The van der Waals surface area contributed by atoms with E-state index in [9.17, 15) is 4.79 Å². The average Bonchev–Trinajstić information content (AvgIpc) is 2.81. The maximum Gasteiger partial charge on any atom is 0.241 e. The fraction of sp³-hybridized carbons (Fsp3) is 0.308. The maximum atomic E-state index is 11.6. The minimum Gasteiger partial charge on any atom is -0.368 e. The number of pyridine rings is 1. The van der Waals surface area contributed by atoms with Gasteiger partial charge >= 0.3 is 0 Å². The van der Waals surface area contributed by atoms with Gasteiger partial charge < -0.3 is 10.6 Å². The first-order valence-electron chi connectivity index (χ1n) is 6.15. The van der Waals surface area contributed by atoms with Crippen LogP contribution in [-0.2, 0) is 11.3 Å². The van der Waals surface area contributed by atoms with Crippen molar-refractivity contribution in [3.8, 4) is 0 Å². The van der Waals surface area contributed by atoms with Crippen molar-refractivity contribution in [1.29, 1.82) is 0 Å². The molecule has 0 aromatic carbocycles. The lowest BCUT2D eigenvalue weighted by Gasteiger charge is -2.07. The second kappa shape index (κ2) is 6.53. The molecule has 1 amide bonds. The summed E-state index contributed by atoms with van der Waals surface area (Å²) in [5, 5.41) is 10.0. The molecular formula is C13H17N5O. The first kappa shape index (κ1) is 13.1. The highest BCUT2D eigenvalue weighted by atomic mass is 16.2. The molecule has 0 fully saturated rings. The number of rotatable bonds is 6. The van der Waals surface area contributed by atoms with Gasteiger partial charge in [0.15, 0.2) is 0 Å². The molecule has 0 bridgehead atoms. The van der Waals surface area contributed by atoms with E-state index in [0.29, 0.717) is 13.1 Å². The topological polar surface area (TPSA) is 71.8 Å². The molecule has 2 heterocycles. The van der Waals surface area contributed by atoms with Crippen LogP contribution in [0.2, 0.25) is 0 Å². The van der Waals surface area contributed by atoms with Crippen LogP contribution >= 0.6 is 0 Å². The van der Waals surface area contributed by atoms with E-state index < -0.39 is 0 Å². The second-order valence-electron chi connectivity index (χ2n) is 4.21. The minimum atomic E-state index is -0.0501. The highest BCUT2D eigenvalue weighted by molar-refractivity contribution is 5.75. The summed E-state index contributed by atoms with van der Waals surface area (Å²) in [6.45, 7) is 3.38. The molecule has 2 aromatic rings. The zero-order valence-electron chi connectivity index (χ0n) is 10.8. The third kappa shape index (κ3) is 4.42. The molecule has 0 radical (unpaired) electrons. The van der Waals surface area contributed by atoms with Gasteiger partial charge in [-0.25, -0.2) is 4.98 Å². The number of nitrogens with one attached hydrogen (secondary N) is 2. The molecule has 0 saturated carbocycles. The lowest BCUT2D eigenvalue weighted by molar-refractivity contribution is -0.121. The monoisotopic (exact) mass is 259 g/mol. The Morgan fingerprint density at radius 1 is 1.37 bits per heavy atom. The molecule has 6 heteroatoms. The molecule has 0 spiro atoms. The highest BCUT2D eigenvalue weighted by Gasteiger charge is 2.02. The predicted octanol–water partition coefficient (Wildman–Crippen LogP) is 0.815. The Bertz CT molecular complexity index is 523. The number of nitrogens with zero attached hydrogens (tertiary/aromatic N) is 3. The second-order valence-corrected chi connectivity index (χ2v) is 4.21. The van der Waals surface area contributed by atoms with Crippen molar-refractivity contribution in [2.24, 2.45) is 0 Å². The van der Waals surface area contributed by atoms with E-state index in [1.54, 1.807) is 17.1 Å². The number of hydrogen-bond donors (Lipinski definition) is 2. The standard InChI is InChI=1S/C13H17N5O/c1-11-8-17-18(9-11)10-13(19)16-7-6-15-12-4-2-3-5-14-12/h2-5,8-9H,6-7,10H2,1H3,(H,14,15)(H,16,19). The lowest BCUT2D eigenvalue weighted by atomic mass is 10.4. The molecule has 2 aromatic heterocycles. The first-order valence-corrected chi connectivity index (χ1v) is 6.15. The molecule has 0 saturated heterocycles. The Kier molecular flexibility index (Phi) is 4.49. The summed E-state index contributed by atoms with van der Waals surface area (Å²) in [7, 11) is 0. The summed E-state index contributed by atoms with van der Waals surface area (Å²) in [5.41, 5.74) is 1.05. The summed E-state index contributed by atoms with van der Waals surface area (Å²) in [6.07, 6.45) is 5.29. The Balaban J connectivity index is 1.64. The zero-order valence-corrected chi connectivity index (χ0v) is 10.8. The smallest absolute Gasteiger partial charge is 0.241 e. The van der Waals surface area contributed by atoms with Gasteiger partial charge in [-0.1, -0.05) is 6.07 Å². The van der Waals surface area contributed by atoms with Gasteiger partial charge in [-0.2, -0.15) is 5.10 Å².